The predicted molar refractivity (Wildman–Crippen MR) is 367 cm³/mol. The Morgan fingerprint density at radius 3 is 0.234 bits per heavy atom. The van der Waals surface area contributed by atoms with E-state index in [4.69, 9.17) is 54.7 Å². The monoisotopic (exact) mass is 1620 g/mol. The van der Waals surface area contributed by atoms with E-state index in [9.17, 15) is 87.8 Å². The Labute approximate surface area is 628 Å². The van der Waals surface area contributed by atoms with Crippen molar-refractivity contribution < 1.29 is 174 Å². The molecule has 0 saturated carbocycles. The standard InChI is InChI=1S/7C8H20N.4C3HF5O2.BO3/c7*1-5-9(6-2,7-3)8-4;4*4-2(5,1(9)10)3(6,7)8;2-1(3)4/h7*5-8H2,1-4H3;4*(H,9,10);/q7*+1;;;;;-3/p-4. The van der Waals surface area contributed by atoms with Crippen molar-refractivity contribution in [3.63, 3.8) is 0 Å². The maximum absolute atomic E-state index is 11.3. The molecule has 0 unspecified atom stereocenters. The number of nitrogens with zero attached hydrogens (tertiary/aromatic N) is 7. The number of aliphatic carboxylic acids is 4. The van der Waals surface area contributed by atoms with Crippen LogP contribution in [0.5, 0.6) is 0 Å². The molecule has 0 fully saturated rings. The lowest BCUT2D eigenvalue weighted by atomic mass is 10.3. The maximum Gasteiger partial charge on any atom is 0.459 e. The number of carbonyl (C=O) groups excluding carboxylic acids is 4. The van der Waals surface area contributed by atoms with E-state index in [2.05, 4.69) is 194 Å². The summed E-state index contributed by atoms with van der Waals surface area (Å²) < 4.78 is 230. The quantitative estimate of drug-likeness (QED) is 0.0351. The summed E-state index contributed by atoms with van der Waals surface area (Å²) in [5.74, 6) is -36.8. The van der Waals surface area contributed by atoms with Crippen molar-refractivity contribution in [2.24, 2.45) is 0 Å². The number of carbonyl (C=O) groups is 4. The molecule has 18 nitrogen and oxygen atoms in total. The molecule has 0 heterocycles. The van der Waals surface area contributed by atoms with Crippen LogP contribution in [0.15, 0.2) is 0 Å². The summed E-state index contributed by atoms with van der Waals surface area (Å²) in [6.45, 7) is 99.6. The van der Waals surface area contributed by atoms with Gasteiger partial charge < -0.3 is 86.1 Å². The van der Waals surface area contributed by atoms with Crippen LogP contribution in [-0.4, -0.2) is 294 Å². The first-order valence-electron chi connectivity index (χ1n) is 36.8. The number of carboxylic acids is 4. The molecule has 0 saturated heterocycles. The van der Waals surface area contributed by atoms with Gasteiger partial charge in [0, 0.05) is 0 Å². The van der Waals surface area contributed by atoms with Crippen LogP contribution >= 0.6 is 0 Å². The molecule has 0 aliphatic heterocycles. The zero-order valence-electron chi connectivity index (χ0n) is 69.6. The fraction of sp³-hybridized carbons (Fsp3) is 0.941. The second-order valence-electron chi connectivity index (χ2n) is 24.0. The molecule has 39 heteroatoms. The normalized spacial score (nSPS) is 12.3. The minimum atomic E-state index is -6.08. The summed E-state index contributed by atoms with van der Waals surface area (Å²) in [6, 6.07) is 0. The summed E-state index contributed by atoms with van der Waals surface area (Å²) in [4.78, 5) is 36.3. The Kier molecular flexibility index (Phi) is 75.9. The SMILES string of the molecule is CC[N+](CC)(CC)CC.CC[N+](CC)(CC)CC.CC[N+](CC)(CC)CC.CC[N+](CC)(CC)CC.CC[N+](CC)(CC)CC.CC[N+](CC)(CC)CC.CC[N+](CC)(CC)CC.O=C([O-])C(F)(F)C(F)(F)F.O=C([O-])C(F)(F)C(F)(F)F.O=C([O-])C(F)(F)C(F)(F)F.O=C([O-])C(F)(F)C(F)(F)F.[O-]B([O-])[O-]. The van der Waals surface area contributed by atoms with Crippen molar-refractivity contribution in [2.75, 3.05) is 183 Å². The zero-order chi connectivity index (χ0) is 89.2. The van der Waals surface area contributed by atoms with Crippen LogP contribution in [-0.2, 0) is 19.2 Å². The largest absolute Gasteiger partial charge is 0.907 e. The lowest BCUT2D eigenvalue weighted by Gasteiger charge is -2.35. The van der Waals surface area contributed by atoms with Gasteiger partial charge in [0.25, 0.3) is 0 Å². The van der Waals surface area contributed by atoms with Crippen LogP contribution in [0.4, 0.5) is 87.8 Å². The Morgan fingerprint density at radius 2 is 0.234 bits per heavy atom. The first-order chi connectivity index (χ1) is 48.2. The van der Waals surface area contributed by atoms with Gasteiger partial charge in [-0.1, -0.05) is 0 Å². The van der Waals surface area contributed by atoms with Crippen LogP contribution in [0.3, 0.4) is 0 Å². The molecule has 0 aromatic heterocycles. The first kappa shape index (κ1) is 130. The lowest BCUT2D eigenvalue weighted by molar-refractivity contribution is -0.921. The number of hydrogen-bond acceptors (Lipinski definition) is 11. The summed E-state index contributed by atoms with van der Waals surface area (Å²) >= 11 is 0. The third kappa shape index (κ3) is 52.2. The van der Waals surface area contributed by atoms with Crippen LogP contribution in [0, 0.1) is 0 Å². The molecule has 0 spiro atoms. The fourth-order valence-electron chi connectivity index (χ4n) is 9.85. The third-order valence-corrected chi connectivity index (χ3v) is 21.2. The molecule has 656 valence electrons. The summed E-state index contributed by atoms with van der Waals surface area (Å²) in [5, 5.41) is 61.6. The Morgan fingerprint density at radius 1 is 0.187 bits per heavy atom. The van der Waals surface area contributed by atoms with Crippen LogP contribution in [0.25, 0.3) is 0 Å². The molecule has 0 rings (SSSR count). The highest BCUT2D eigenvalue weighted by Gasteiger charge is 2.61. The number of halogens is 20. The zero-order valence-corrected chi connectivity index (χ0v) is 69.6. The molecule has 0 aromatic rings. The molecular weight excluding hydrogens is 1480 g/mol. The van der Waals surface area contributed by atoms with Gasteiger partial charge in [-0.2, -0.15) is 87.8 Å². The van der Waals surface area contributed by atoms with Crippen molar-refractivity contribution in [3.05, 3.63) is 0 Å². The topological polar surface area (TPSA) is 230 Å². The third-order valence-electron chi connectivity index (χ3n) is 21.2. The van der Waals surface area contributed by atoms with Crippen LogP contribution < -0.4 is 35.5 Å². The summed E-state index contributed by atoms with van der Waals surface area (Å²) in [7, 11) is -2.92. The van der Waals surface area contributed by atoms with Crippen molar-refractivity contribution in [1.82, 2.24) is 0 Å². The summed E-state index contributed by atoms with van der Waals surface area (Å²) in [6.07, 6.45) is -24.3. The highest BCUT2D eigenvalue weighted by Crippen LogP contribution is 2.37. The first-order valence-corrected chi connectivity index (χ1v) is 36.8. The van der Waals surface area contributed by atoms with Crippen molar-refractivity contribution in [1.29, 1.82) is 0 Å². The average Bonchev–Trinajstić information content (AvgIpc) is 0.840. The molecule has 107 heavy (non-hydrogen) atoms. The van der Waals surface area contributed by atoms with Gasteiger partial charge in [-0.3, -0.25) is 7.32 Å². The smallest absolute Gasteiger partial charge is 0.459 e. The highest BCUT2D eigenvalue weighted by molar-refractivity contribution is 6.24. The molecule has 0 aliphatic rings. The van der Waals surface area contributed by atoms with E-state index < -0.39 is 79.6 Å². The lowest BCUT2D eigenvalue weighted by Crippen LogP contribution is -2.56. The summed E-state index contributed by atoms with van der Waals surface area (Å²) in [5.41, 5.74) is 0. The van der Waals surface area contributed by atoms with E-state index in [-0.39, 0.29) is 0 Å². The predicted octanol–water partition coefficient (Wildman–Crippen LogP) is 8.97. The van der Waals surface area contributed by atoms with E-state index in [1.54, 1.807) is 0 Å². The van der Waals surface area contributed by atoms with Gasteiger partial charge in [0.1, 0.15) is 23.9 Å². The Hall–Kier alpha value is -3.86. The minimum absolute atomic E-state index is 1.28. The second-order valence-corrected chi connectivity index (χ2v) is 24.0. The van der Waals surface area contributed by atoms with E-state index in [0.717, 1.165) is 0 Å². The molecule has 0 atom stereocenters. The number of hydrogen-bond donors (Lipinski definition) is 0. The molecule has 0 N–H and O–H groups in total. The average molecular weight is 1620 g/mol. The Balaban J connectivity index is -0.0000000923. The fourth-order valence-corrected chi connectivity index (χ4v) is 9.85. The molecular formula is C68H140BF20N7O11. The Bertz CT molecular complexity index is 1670. The molecule has 0 radical (unpaired) electrons. The molecule has 0 aromatic carbocycles. The number of alkyl halides is 20. The second kappa shape index (κ2) is 62.7. The van der Waals surface area contributed by atoms with Gasteiger partial charge in [-0.25, -0.2) is 0 Å². The molecule has 0 amide bonds. The highest BCUT2D eigenvalue weighted by atomic mass is 19.4. The van der Waals surface area contributed by atoms with Gasteiger partial charge in [-0.05, 0) is 194 Å². The number of rotatable bonds is 32. The van der Waals surface area contributed by atoms with Gasteiger partial charge in [0.2, 0.25) is 0 Å². The molecule has 0 aliphatic carbocycles. The van der Waals surface area contributed by atoms with Gasteiger partial charge in [-0.15, -0.1) is 0 Å². The van der Waals surface area contributed by atoms with Gasteiger partial charge in [0.15, 0.2) is 0 Å². The molecule has 0 bridgehead atoms. The van der Waals surface area contributed by atoms with Crippen molar-refractivity contribution >= 4 is 31.2 Å². The van der Waals surface area contributed by atoms with E-state index in [1.807, 2.05) is 0 Å². The van der Waals surface area contributed by atoms with E-state index in [1.165, 1.54) is 215 Å². The van der Waals surface area contributed by atoms with E-state index >= 15 is 0 Å². The number of quaternary nitrogens is 7. The van der Waals surface area contributed by atoms with Crippen LogP contribution in [0.2, 0.25) is 0 Å². The minimum Gasteiger partial charge on any atom is -0.907 e. The van der Waals surface area contributed by atoms with Crippen molar-refractivity contribution in [2.45, 2.75) is 242 Å². The van der Waals surface area contributed by atoms with Crippen molar-refractivity contribution in [3.8, 4) is 0 Å². The van der Waals surface area contributed by atoms with Gasteiger partial charge in [0.05, 0.1) is 183 Å². The van der Waals surface area contributed by atoms with Gasteiger partial charge >= 0.3 is 48.4 Å². The van der Waals surface area contributed by atoms with Crippen LogP contribution in [0.1, 0.15) is 194 Å². The number of carboxylic acid groups (broad SMARTS) is 4. The van der Waals surface area contributed by atoms with E-state index in [0.29, 0.717) is 0 Å². The maximum atomic E-state index is 11.3.